The first kappa shape index (κ1) is 20.2. The number of carbonyl (C=O) groups is 1. The van der Waals surface area contributed by atoms with Crippen molar-refractivity contribution >= 4 is 16.9 Å². The first-order valence-electron chi connectivity index (χ1n) is 10.5. The fourth-order valence-electron chi connectivity index (χ4n) is 4.34. The average molecular weight is 405 g/mol. The third-order valence-corrected chi connectivity index (χ3v) is 6.00. The standard InChI is InChI=1S/C25H28N2O3/c1-30-20-11-8-17(9-12-20)21-6-4-14-26-23(21)7-3-2-5-19-16-27-24-13-10-18(25(28)29)15-22(19)24/h4,6,8-13,15-16,21,23,26-27H,2-3,5,7,14H2,1H3,(H,28,29). The molecular formula is C25H28N2O3. The smallest absolute Gasteiger partial charge is 0.335 e. The number of ether oxygens (including phenoxy) is 1. The summed E-state index contributed by atoms with van der Waals surface area (Å²) in [6.45, 7) is 0.914. The highest BCUT2D eigenvalue weighted by molar-refractivity contribution is 5.94. The van der Waals surface area contributed by atoms with Gasteiger partial charge in [0.15, 0.2) is 0 Å². The summed E-state index contributed by atoms with van der Waals surface area (Å²) in [5.74, 6) is 0.369. The van der Waals surface area contributed by atoms with Gasteiger partial charge in [-0.15, -0.1) is 0 Å². The molecule has 4 rings (SSSR count). The molecule has 0 saturated heterocycles. The van der Waals surface area contributed by atoms with Crippen LogP contribution in [0, 0.1) is 0 Å². The zero-order valence-electron chi connectivity index (χ0n) is 17.2. The number of carboxylic acids is 1. The van der Waals surface area contributed by atoms with E-state index in [1.54, 1.807) is 19.2 Å². The van der Waals surface area contributed by atoms with Crippen LogP contribution in [-0.4, -0.2) is 35.8 Å². The number of rotatable bonds is 8. The topological polar surface area (TPSA) is 74.3 Å². The Labute approximate surface area is 176 Å². The van der Waals surface area contributed by atoms with E-state index in [-0.39, 0.29) is 0 Å². The molecule has 0 aliphatic carbocycles. The van der Waals surface area contributed by atoms with Crippen molar-refractivity contribution in [1.82, 2.24) is 10.3 Å². The van der Waals surface area contributed by atoms with Crippen LogP contribution in [0.5, 0.6) is 5.75 Å². The van der Waals surface area contributed by atoms with Crippen molar-refractivity contribution in [3.63, 3.8) is 0 Å². The van der Waals surface area contributed by atoms with Gasteiger partial charge in [0.25, 0.3) is 0 Å². The molecule has 1 aromatic heterocycles. The number of hydrogen-bond donors (Lipinski definition) is 3. The van der Waals surface area contributed by atoms with Crippen LogP contribution in [-0.2, 0) is 6.42 Å². The van der Waals surface area contributed by atoms with Crippen LogP contribution < -0.4 is 10.1 Å². The maximum atomic E-state index is 11.3. The molecule has 30 heavy (non-hydrogen) atoms. The van der Waals surface area contributed by atoms with Crippen molar-refractivity contribution in [2.24, 2.45) is 0 Å². The maximum absolute atomic E-state index is 11.3. The highest BCUT2D eigenvalue weighted by Crippen LogP contribution is 2.29. The molecule has 5 heteroatoms. The van der Waals surface area contributed by atoms with E-state index in [1.165, 1.54) is 11.1 Å². The van der Waals surface area contributed by atoms with Gasteiger partial charge in [0.1, 0.15) is 5.75 Å². The Balaban J connectivity index is 1.36. The van der Waals surface area contributed by atoms with Gasteiger partial charge in [-0.25, -0.2) is 4.79 Å². The Kier molecular flexibility index (Phi) is 6.19. The summed E-state index contributed by atoms with van der Waals surface area (Å²) in [4.78, 5) is 14.5. The minimum atomic E-state index is -0.884. The maximum Gasteiger partial charge on any atom is 0.335 e. The van der Waals surface area contributed by atoms with Gasteiger partial charge in [0.05, 0.1) is 12.7 Å². The van der Waals surface area contributed by atoms with Crippen molar-refractivity contribution in [2.45, 2.75) is 37.6 Å². The van der Waals surface area contributed by atoms with Gasteiger partial charge in [0, 0.05) is 35.6 Å². The molecule has 3 N–H and O–H groups in total. The van der Waals surface area contributed by atoms with Gasteiger partial charge in [-0.3, -0.25) is 0 Å². The normalized spacial score (nSPS) is 18.6. The molecule has 0 fully saturated rings. The largest absolute Gasteiger partial charge is 0.497 e. The highest BCUT2D eigenvalue weighted by atomic mass is 16.5. The summed E-state index contributed by atoms with van der Waals surface area (Å²) in [5.41, 5.74) is 3.83. The number of carboxylic acid groups (broad SMARTS) is 1. The van der Waals surface area contributed by atoms with Crippen molar-refractivity contribution in [2.75, 3.05) is 13.7 Å². The lowest BCUT2D eigenvalue weighted by molar-refractivity contribution is 0.0697. The number of methoxy groups -OCH3 is 1. The summed E-state index contributed by atoms with van der Waals surface area (Å²) in [5, 5.41) is 13.9. The van der Waals surface area contributed by atoms with E-state index in [1.807, 2.05) is 24.4 Å². The number of hydrogen-bond acceptors (Lipinski definition) is 3. The number of aromatic nitrogens is 1. The number of fused-ring (bicyclic) bond motifs is 1. The van der Waals surface area contributed by atoms with Gasteiger partial charge < -0.3 is 20.1 Å². The minimum absolute atomic E-state index is 0.337. The number of aromatic amines is 1. The predicted octanol–water partition coefficient (Wildman–Crippen LogP) is 4.90. The molecular weight excluding hydrogens is 376 g/mol. The Morgan fingerprint density at radius 3 is 2.77 bits per heavy atom. The van der Waals surface area contributed by atoms with E-state index in [0.717, 1.165) is 48.9 Å². The Morgan fingerprint density at radius 1 is 1.17 bits per heavy atom. The third-order valence-electron chi connectivity index (χ3n) is 6.00. The van der Waals surface area contributed by atoms with Gasteiger partial charge in [-0.1, -0.05) is 30.7 Å². The highest BCUT2D eigenvalue weighted by Gasteiger charge is 2.22. The Hall–Kier alpha value is -3.05. The summed E-state index contributed by atoms with van der Waals surface area (Å²) in [6, 6.07) is 14.0. The Morgan fingerprint density at radius 2 is 2.00 bits per heavy atom. The molecule has 0 saturated carbocycles. The fourth-order valence-corrected chi connectivity index (χ4v) is 4.34. The lowest BCUT2D eigenvalue weighted by Gasteiger charge is -2.29. The van der Waals surface area contributed by atoms with Gasteiger partial charge in [0.2, 0.25) is 0 Å². The second kappa shape index (κ2) is 9.18. The molecule has 0 radical (unpaired) electrons. The van der Waals surface area contributed by atoms with Crippen molar-refractivity contribution < 1.29 is 14.6 Å². The molecule has 3 aromatic rings. The molecule has 1 aliphatic heterocycles. The van der Waals surface area contributed by atoms with Crippen LogP contribution >= 0.6 is 0 Å². The first-order valence-corrected chi connectivity index (χ1v) is 10.5. The van der Waals surface area contributed by atoms with Crippen LogP contribution in [0.4, 0.5) is 0 Å². The third kappa shape index (κ3) is 4.41. The monoisotopic (exact) mass is 404 g/mol. The van der Waals surface area contributed by atoms with Crippen molar-refractivity contribution in [1.29, 1.82) is 0 Å². The second-order valence-corrected chi connectivity index (χ2v) is 7.87. The lowest BCUT2D eigenvalue weighted by Crippen LogP contribution is -2.37. The number of H-pyrrole nitrogens is 1. The SMILES string of the molecule is COc1ccc(C2C=CCNC2CCCCc2c[nH]c3ccc(C(=O)O)cc23)cc1. The molecule has 5 nitrogen and oxygen atoms in total. The molecule has 2 atom stereocenters. The number of benzene rings is 2. The van der Waals surface area contributed by atoms with E-state index in [4.69, 9.17) is 4.74 Å². The van der Waals surface area contributed by atoms with E-state index < -0.39 is 5.97 Å². The van der Waals surface area contributed by atoms with Crippen LogP contribution in [0.3, 0.4) is 0 Å². The first-order chi connectivity index (χ1) is 14.7. The molecule has 156 valence electrons. The second-order valence-electron chi connectivity index (χ2n) is 7.87. The summed E-state index contributed by atoms with van der Waals surface area (Å²) in [6.07, 6.45) is 10.8. The van der Waals surface area contributed by atoms with E-state index in [2.05, 4.69) is 34.6 Å². The van der Waals surface area contributed by atoms with Gasteiger partial charge in [-0.2, -0.15) is 0 Å². The quantitative estimate of drug-likeness (QED) is 0.369. The summed E-state index contributed by atoms with van der Waals surface area (Å²) >= 11 is 0. The lowest BCUT2D eigenvalue weighted by atomic mass is 9.86. The van der Waals surface area contributed by atoms with Crippen molar-refractivity contribution in [3.8, 4) is 5.75 Å². The molecule has 2 heterocycles. The van der Waals surface area contributed by atoms with E-state index in [0.29, 0.717) is 17.5 Å². The Bertz CT molecular complexity index is 1040. The number of unbranched alkanes of at least 4 members (excludes halogenated alkanes) is 1. The molecule has 2 aromatic carbocycles. The number of aryl methyl sites for hydroxylation is 1. The van der Waals surface area contributed by atoms with Crippen LogP contribution in [0.1, 0.15) is 46.7 Å². The molecule has 1 aliphatic rings. The van der Waals surface area contributed by atoms with E-state index in [9.17, 15) is 9.90 Å². The summed E-state index contributed by atoms with van der Waals surface area (Å²) < 4.78 is 5.28. The molecule has 0 spiro atoms. The number of nitrogens with one attached hydrogen (secondary N) is 2. The molecule has 0 bridgehead atoms. The van der Waals surface area contributed by atoms with Gasteiger partial charge >= 0.3 is 5.97 Å². The van der Waals surface area contributed by atoms with Gasteiger partial charge in [-0.05, 0) is 60.7 Å². The molecule has 0 amide bonds. The van der Waals surface area contributed by atoms with Crippen molar-refractivity contribution in [3.05, 3.63) is 77.5 Å². The number of aromatic carboxylic acids is 1. The predicted molar refractivity (Wildman–Crippen MR) is 119 cm³/mol. The zero-order valence-corrected chi connectivity index (χ0v) is 17.2. The minimum Gasteiger partial charge on any atom is -0.497 e. The van der Waals surface area contributed by atoms with Crippen LogP contribution in [0.2, 0.25) is 0 Å². The summed E-state index contributed by atoms with van der Waals surface area (Å²) in [7, 11) is 1.69. The van der Waals surface area contributed by atoms with Crippen LogP contribution in [0.25, 0.3) is 10.9 Å². The fraction of sp³-hybridized carbons (Fsp3) is 0.320. The van der Waals surface area contributed by atoms with Crippen LogP contribution in [0.15, 0.2) is 60.8 Å². The molecule has 2 unspecified atom stereocenters. The average Bonchev–Trinajstić information content (AvgIpc) is 3.19. The zero-order chi connectivity index (χ0) is 20.9. The van der Waals surface area contributed by atoms with E-state index >= 15 is 0 Å².